The van der Waals surface area contributed by atoms with Crippen molar-refractivity contribution in [3.8, 4) is 11.5 Å². The Morgan fingerprint density at radius 3 is 2.20 bits per heavy atom. The van der Waals surface area contributed by atoms with E-state index < -0.39 is 0 Å². The second-order valence-electron chi connectivity index (χ2n) is 4.28. The summed E-state index contributed by atoms with van der Waals surface area (Å²) in [6, 6.07) is 9.89. The molecule has 0 fully saturated rings. The maximum atomic E-state index is 13.8. The highest BCUT2D eigenvalue weighted by Crippen LogP contribution is 2.39. The Morgan fingerprint density at radius 2 is 1.60 bits per heavy atom. The lowest BCUT2D eigenvalue weighted by atomic mass is 10.2. The maximum absolute atomic E-state index is 13.8. The Kier molecular flexibility index (Phi) is 3.98. The van der Waals surface area contributed by atoms with E-state index in [0.29, 0.717) is 28.6 Å². The minimum Gasteiger partial charge on any atom is -0.493 e. The lowest BCUT2D eigenvalue weighted by Crippen LogP contribution is -2.13. The molecule has 2 rings (SSSR count). The number of rotatable bonds is 4. The number of anilines is 3. The molecule has 0 amide bonds. The molecule has 0 bridgehead atoms. The number of nitrogen functional groups attached to an aromatic ring is 1. The molecular formula is C15H17FN2O2. The standard InChI is InChI=1S/C15H17FN2O2/c1-18(12-7-5-4-6-10(12)16)13-9-15(20-3)14(19-2)8-11(13)17/h4-9H,17H2,1-3H3. The van der Waals surface area contributed by atoms with Gasteiger partial charge in [-0.05, 0) is 12.1 Å². The first-order valence-electron chi connectivity index (χ1n) is 6.08. The molecule has 0 atom stereocenters. The summed E-state index contributed by atoms with van der Waals surface area (Å²) in [6.45, 7) is 0. The molecule has 0 unspecified atom stereocenters. The molecule has 0 aliphatic heterocycles. The van der Waals surface area contributed by atoms with Gasteiger partial charge in [-0.25, -0.2) is 4.39 Å². The fourth-order valence-corrected chi connectivity index (χ4v) is 2.03. The van der Waals surface area contributed by atoms with Crippen molar-refractivity contribution >= 4 is 17.1 Å². The molecule has 2 aromatic rings. The van der Waals surface area contributed by atoms with Crippen molar-refractivity contribution in [1.29, 1.82) is 0 Å². The van der Waals surface area contributed by atoms with Gasteiger partial charge in [-0.2, -0.15) is 0 Å². The number of para-hydroxylation sites is 1. The number of methoxy groups -OCH3 is 2. The fraction of sp³-hybridized carbons (Fsp3) is 0.200. The number of hydrogen-bond donors (Lipinski definition) is 1. The van der Waals surface area contributed by atoms with Crippen LogP contribution in [0.2, 0.25) is 0 Å². The number of halogens is 1. The van der Waals surface area contributed by atoms with Crippen molar-refractivity contribution in [2.24, 2.45) is 0 Å². The Morgan fingerprint density at radius 1 is 1.00 bits per heavy atom. The first-order chi connectivity index (χ1) is 9.58. The molecule has 20 heavy (non-hydrogen) atoms. The summed E-state index contributed by atoms with van der Waals surface area (Å²) in [5.74, 6) is 0.764. The molecule has 0 heterocycles. The van der Waals surface area contributed by atoms with E-state index in [-0.39, 0.29) is 5.82 Å². The van der Waals surface area contributed by atoms with Crippen molar-refractivity contribution in [3.63, 3.8) is 0 Å². The first kappa shape index (κ1) is 14.0. The molecular weight excluding hydrogens is 259 g/mol. The van der Waals surface area contributed by atoms with Crippen LogP contribution in [0.1, 0.15) is 0 Å². The number of nitrogens with zero attached hydrogens (tertiary/aromatic N) is 1. The van der Waals surface area contributed by atoms with Crippen LogP contribution in [0.25, 0.3) is 0 Å². The lowest BCUT2D eigenvalue weighted by Gasteiger charge is -2.23. The third-order valence-corrected chi connectivity index (χ3v) is 3.11. The van der Waals surface area contributed by atoms with Gasteiger partial charge in [0, 0.05) is 19.2 Å². The zero-order chi connectivity index (χ0) is 14.7. The van der Waals surface area contributed by atoms with Crippen molar-refractivity contribution < 1.29 is 13.9 Å². The largest absolute Gasteiger partial charge is 0.493 e. The van der Waals surface area contributed by atoms with Gasteiger partial charge >= 0.3 is 0 Å². The van der Waals surface area contributed by atoms with Crippen molar-refractivity contribution in [2.75, 3.05) is 31.9 Å². The van der Waals surface area contributed by atoms with Crippen molar-refractivity contribution in [2.45, 2.75) is 0 Å². The van der Waals surface area contributed by atoms with Crippen LogP contribution >= 0.6 is 0 Å². The molecule has 0 aliphatic carbocycles. The van der Waals surface area contributed by atoms with Gasteiger partial charge in [-0.15, -0.1) is 0 Å². The van der Waals surface area contributed by atoms with E-state index in [9.17, 15) is 4.39 Å². The SMILES string of the molecule is COc1cc(N)c(N(C)c2ccccc2F)cc1OC. The highest BCUT2D eigenvalue weighted by Gasteiger charge is 2.15. The Bertz CT molecular complexity index is 617. The second-order valence-corrected chi connectivity index (χ2v) is 4.28. The Balaban J connectivity index is 2.50. The van der Waals surface area contributed by atoms with Crippen molar-refractivity contribution in [3.05, 3.63) is 42.2 Å². The van der Waals surface area contributed by atoms with Gasteiger partial charge in [0.2, 0.25) is 0 Å². The summed E-state index contributed by atoms with van der Waals surface area (Å²) in [5, 5.41) is 0. The second kappa shape index (κ2) is 5.69. The molecule has 106 valence electrons. The predicted octanol–water partition coefficient (Wildman–Crippen LogP) is 3.19. The van der Waals surface area contributed by atoms with Crippen molar-refractivity contribution in [1.82, 2.24) is 0 Å². The Hall–Kier alpha value is -2.43. The molecule has 0 saturated heterocycles. The molecule has 0 saturated carbocycles. The van der Waals surface area contributed by atoms with Gasteiger partial charge in [-0.3, -0.25) is 0 Å². The zero-order valence-electron chi connectivity index (χ0n) is 11.7. The van der Waals surface area contributed by atoms with E-state index in [2.05, 4.69) is 0 Å². The smallest absolute Gasteiger partial charge is 0.162 e. The number of ether oxygens (including phenoxy) is 2. The molecule has 0 spiro atoms. The van der Waals surface area contributed by atoms with Crippen LogP contribution < -0.4 is 20.1 Å². The van der Waals surface area contributed by atoms with E-state index in [4.69, 9.17) is 15.2 Å². The average Bonchev–Trinajstić information content (AvgIpc) is 2.46. The highest BCUT2D eigenvalue weighted by atomic mass is 19.1. The normalized spacial score (nSPS) is 10.2. The summed E-state index contributed by atoms with van der Waals surface area (Å²) in [4.78, 5) is 1.67. The van der Waals surface area contributed by atoms with E-state index in [1.807, 2.05) is 0 Å². The highest BCUT2D eigenvalue weighted by molar-refractivity contribution is 5.78. The first-order valence-corrected chi connectivity index (χ1v) is 6.08. The van der Waals surface area contributed by atoms with Crippen LogP contribution in [0.4, 0.5) is 21.5 Å². The molecule has 0 aromatic heterocycles. The van der Waals surface area contributed by atoms with E-state index >= 15 is 0 Å². The minimum atomic E-state index is -0.316. The molecule has 4 nitrogen and oxygen atoms in total. The third-order valence-electron chi connectivity index (χ3n) is 3.11. The quantitative estimate of drug-likeness (QED) is 0.871. The molecule has 0 radical (unpaired) electrons. The summed E-state index contributed by atoms with van der Waals surface area (Å²) in [7, 11) is 4.83. The molecule has 5 heteroatoms. The van der Waals surface area contributed by atoms with Crippen LogP contribution in [-0.2, 0) is 0 Å². The number of benzene rings is 2. The van der Waals surface area contributed by atoms with Gasteiger partial charge in [0.15, 0.2) is 11.5 Å². The van der Waals surface area contributed by atoms with E-state index in [0.717, 1.165) is 0 Å². The summed E-state index contributed by atoms with van der Waals surface area (Å²) >= 11 is 0. The number of nitrogens with two attached hydrogens (primary N) is 1. The zero-order valence-corrected chi connectivity index (χ0v) is 11.7. The summed E-state index contributed by atoms with van der Waals surface area (Å²) in [5.41, 5.74) is 7.57. The monoisotopic (exact) mass is 276 g/mol. The average molecular weight is 276 g/mol. The van der Waals surface area contributed by atoms with Gasteiger partial charge in [0.05, 0.1) is 31.3 Å². The van der Waals surface area contributed by atoms with Gasteiger partial charge in [-0.1, -0.05) is 12.1 Å². The van der Waals surface area contributed by atoms with E-state index in [1.54, 1.807) is 49.4 Å². The van der Waals surface area contributed by atoms with Crippen LogP contribution in [0, 0.1) is 5.82 Å². The minimum absolute atomic E-state index is 0.316. The third kappa shape index (κ3) is 2.47. The summed E-state index contributed by atoms with van der Waals surface area (Å²) in [6.07, 6.45) is 0. The molecule has 2 aromatic carbocycles. The lowest BCUT2D eigenvalue weighted by molar-refractivity contribution is 0.355. The van der Waals surface area contributed by atoms with Gasteiger partial charge in [0.1, 0.15) is 5.82 Å². The van der Waals surface area contributed by atoms with E-state index in [1.165, 1.54) is 13.2 Å². The predicted molar refractivity (Wildman–Crippen MR) is 78.4 cm³/mol. The topological polar surface area (TPSA) is 47.7 Å². The van der Waals surface area contributed by atoms with Crippen LogP contribution in [0.3, 0.4) is 0 Å². The number of hydrogen-bond acceptors (Lipinski definition) is 4. The van der Waals surface area contributed by atoms with Crippen LogP contribution in [0.5, 0.6) is 11.5 Å². The van der Waals surface area contributed by atoms with Crippen LogP contribution in [0.15, 0.2) is 36.4 Å². The van der Waals surface area contributed by atoms with Crippen LogP contribution in [-0.4, -0.2) is 21.3 Å². The Labute approximate surface area is 117 Å². The molecule has 0 aliphatic rings. The summed E-state index contributed by atoms with van der Waals surface area (Å²) < 4.78 is 24.3. The van der Waals surface area contributed by atoms with Gasteiger partial charge in [0.25, 0.3) is 0 Å². The van der Waals surface area contributed by atoms with Gasteiger partial charge < -0.3 is 20.1 Å². The molecule has 2 N–H and O–H groups in total. The maximum Gasteiger partial charge on any atom is 0.162 e. The fourth-order valence-electron chi connectivity index (χ4n) is 2.03.